The smallest absolute Gasteiger partial charge is 0.312 e. The number of hydrogen-bond donors (Lipinski definition) is 3. The molecule has 0 aliphatic carbocycles. The highest BCUT2D eigenvalue weighted by Gasteiger charge is 2.35. The van der Waals surface area contributed by atoms with Crippen molar-refractivity contribution in [3.8, 4) is 40.1 Å². The van der Waals surface area contributed by atoms with E-state index >= 15 is 0 Å². The van der Waals surface area contributed by atoms with Gasteiger partial charge in [-0.25, -0.2) is 0 Å². The lowest BCUT2D eigenvalue weighted by Crippen LogP contribution is -2.22. The summed E-state index contributed by atoms with van der Waals surface area (Å²) >= 11 is 0. The van der Waals surface area contributed by atoms with Crippen molar-refractivity contribution in [3.63, 3.8) is 0 Å². The van der Waals surface area contributed by atoms with E-state index in [1.165, 1.54) is 35.9 Å². The van der Waals surface area contributed by atoms with Gasteiger partial charge in [0.1, 0.15) is 40.6 Å². The molecule has 0 fully saturated rings. The van der Waals surface area contributed by atoms with Gasteiger partial charge in [-0.2, -0.15) is 0 Å². The zero-order valence-corrected chi connectivity index (χ0v) is 23.0. The fraction of sp³-hybridized carbons (Fsp3) is 0.176. The lowest BCUT2D eigenvalue weighted by atomic mass is 9.84. The lowest BCUT2D eigenvalue weighted by molar-refractivity contribution is -0.135. The van der Waals surface area contributed by atoms with Crippen molar-refractivity contribution < 1.29 is 34.0 Å². The van der Waals surface area contributed by atoms with Gasteiger partial charge in [0.15, 0.2) is 16.9 Å². The van der Waals surface area contributed by atoms with Crippen molar-refractivity contribution in [3.05, 3.63) is 111 Å². The Hall–Kier alpha value is -5.24. The molecule has 1 aliphatic rings. The number of hydrogen-bond acceptors (Lipinski definition) is 8. The Bertz CT molecular complexity index is 1890. The van der Waals surface area contributed by atoms with Crippen LogP contribution in [0.15, 0.2) is 88.1 Å². The summed E-state index contributed by atoms with van der Waals surface area (Å²) in [5.41, 5.74) is 3.19. The number of rotatable bonds is 6. The van der Waals surface area contributed by atoms with E-state index < -0.39 is 17.3 Å². The number of carbonyl (C=O) groups is 1. The Labute approximate surface area is 241 Å². The van der Waals surface area contributed by atoms with E-state index in [0.717, 1.165) is 5.56 Å². The summed E-state index contributed by atoms with van der Waals surface area (Å²) in [7, 11) is 0. The van der Waals surface area contributed by atoms with Gasteiger partial charge in [0.25, 0.3) is 0 Å². The quantitative estimate of drug-likeness (QED) is 0.118. The van der Waals surface area contributed by atoms with Gasteiger partial charge >= 0.3 is 5.97 Å². The van der Waals surface area contributed by atoms with E-state index in [9.17, 15) is 24.9 Å². The first-order valence-corrected chi connectivity index (χ1v) is 13.6. The van der Waals surface area contributed by atoms with Crippen LogP contribution in [0.2, 0.25) is 0 Å². The predicted molar refractivity (Wildman–Crippen MR) is 156 cm³/mol. The molecule has 1 unspecified atom stereocenters. The van der Waals surface area contributed by atoms with E-state index in [2.05, 4.69) is 26.0 Å². The van der Waals surface area contributed by atoms with Crippen LogP contribution in [0.3, 0.4) is 0 Å². The highest BCUT2D eigenvalue weighted by molar-refractivity contribution is 5.93. The maximum atomic E-state index is 13.3. The summed E-state index contributed by atoms with van der Waals surface area (Å²) < 4.78 is 18.0. The second-order valence-corrected chi connectivity index (χ2v) is 10.6. The van der Waals surface area contributed by atoms with Gasteiger partial charge in [0.05, 0.1) is 6.42 Å². The molecule has 3 N–H and O–H groups in total. The molecule has 1 aromatic heterocycles. The molecule has 4 aromatic carbocycles. The molecule has 2 heterocycles. The van der Waals surface area contributed by atoms with E-state index in [1.807, 2.05) is 36.4 Å². The molecule has 0 bridgehead atoms. The molecule has 0 radical (unpaired) electrons. The van der Waals surface area contributed by atoms with Gasteiger partial charge in [-0.05, 0) is 41.3 Å². The predicted octanol–water partition coefficient (Wildman–Crippen LogP) is 6.72. The molecule has 0 spiro atoms. The zero-order chi connectivity index (χ0) is 29.5. The third-order valence-corrected chi connectivity index (χ3v) is 7.52. The van der Waals surface area contributed by atoms with Gasteiger partial charge in [-0.1, -0.05) is 56.3 Å². The molecule has 0 amide bonds. The highest BCUT2D eigenvalue weighted by Crippen LogP contribution is 2.48. The maximum absolute atomic E-state index is 13.3. The van der Waals surface area contributed by atoms with E-state index in [-0.39, 0.29) is 46.1 Å². The summed E-state index contributed by atoms with van der Waals surface area (Å²) in [6.45, 7) is 4.58. The number of phenols is 3. The fourth-order valence-corrected chi connectivity index (χ4v) is 5.30. The van der Waals surface area contributed by atoms with E-state index in [0.29, 0.717) is 35.0 Å². The molecule has 42 heavy (non-hydrogen) atoms. The SMILES string of the molecule is CC(C)c1ccc(COc2ccccc2C2CC(=O)Oc3cc(O)c4c(=O)cc(-c5ccc(O)c(O)c5)oc4c32)cc1. The normalized spacial score (nSPS) is 14.5. The summed E-state index contributed by atoms with van der Waals surface area (Å²) in [4.78, 5) is 26.0. The van der Waals surface area contributed by atoms with Gasteiger partial charge in [0.2, 0.25) is 0 Å². The monoisotopic (exact) mass is 564 g/mol. The Kier molecular flexibility index (Phi) is 6.82. The van der Waals surface area contributed by atoms with Gasteiger partial charge in [-0.15, -0.1) is 0 Å². The minimum Gasteiger partial charge on any atom is -0.507 e. The first kappa shape index (κ1) is 27.0. The second-order valence-electron chi connectivity index (χ2n) is 10.6. The molecule has 1 aliphatic heterocycles. The van der Waals surface area contributed by atoms with Crippen LogP contribution in [-0.2, 0) is 11.4 Å². The number of carbonyl (C=O) groups excluding carboxylic acids is 1. The lowest BCUT2D eigenvalue weighted by Gasteiger charge is -2.27. The molecule has 6 rings (SSSR count). The first-order valence-electron chi connectivity index (χ1n) is 13.6. The molecule has 8 nitrogen and oxygen atoms in total. The average molecular weight is 565 g/mol. The van der Waals surface area contributed by atoms with Gasteiger partial charge in [0, 0.05) is 34.7 Å². The Morgan fingerprint density at radius 2 is 1.64 bits per heavy atom. The van der Waals surface area contributed by atoms with Crippen molar-refractivity contribution in [2.24, 2.45) is 0 Å². The molecular weight excluding hydrogens is 536 g/mol. The van der Waals surface area contributed by atoms with Crippen molar-refractivity contribution in [2.75, 3.05) is 0 Å². The van der Waals surface area contributed by atoms with Crippen molar-refractivity contribution in [1.29, 1.82) is 0 Å². The molecule has 0 saturated carbocycles. The van der Waals surface area contributed by atoms with Crippen LogP contribution in [0.25, 0.3) is 22.3 Å². The Balaban J connectivity index is 1.47. The largest absolute Gasteiger partial charge is 0.507 e. The summed E-state index contributed by atoms with van der Waals surface area (Å²) in [6.07, 6.45) is -0.0513. The highest BCUT2D eigenvalue weighted by atomic mass is 16.5. The molecule has 0 saturated heterocycles. The van der Waals surface area contributed by atoms with E-state index in [1.54, 1.807) is 0 Å². The molecular formula is C34H28O8. The van der Waals surface area contributed by atoms with Crippen LogP contribution < -0.4 is 14.9 Å². The number of fused-ring (bicyclic) bond motifs is 3. The van der Waals surface area contributed by atoms with E-state index in [4.69, 9.17) is 13.9 Å². The fourth-order valence-electron chi connectivity index (χ4n) is 5.30. The number of benzene rings is 4. The minimum absolute atomic E-state index is 0.0513. The topological polar surface area (TPSA) is 126 Å². The number of phenolic OH excluding ortho intramolecular Hbond substituents is 3. The molecule has 212 valence electrons. The van der Waals surface area contributed by atoms with Crippen molar-refractivity contribution in [2.45, 2.75) is 38.7 Å². The maximum Gasteiger partial charge on any atom is 0.312 e. The van der Waals surface area contributed by atoms with Gasteiger partial charge < -0.3 is 29.2 Å². The molecule has 8 heteroatoms. The third kappa shape index (κ3) is 4.92. The zero-order valence-electron chi connectivity index (χ0n) is 23.0. The summed E-state index contributed by atoms with van der Waals surface area (Å²) in [6, 6.07) is 22.0. The summed E-state index contributed by atoms with van der Waals surface area (Å²) in [5.74, 6) is -1.07. The Morgan fingerprint density at radius 3 is 2.38 bits per heavy atom. The summed E-state index contributed by atoms with van der Waals surface area (Å²) in [5, 5.41) is 30.5. The van der Waals surface area contributed by atoms with Crippen LogP contribution in [0.4, 0.5) is 0 Å². The second kappa shape index (κ2) is 10.6. The molecule has 5 aromatic rings. The van der Waals surface area contributed by atoms with Crippen LogP contribution in [-0.4, -0.2) is 21.3 Å². The Morgan fingerprint density at radius 1 is 0.881 bits per heavy atom. The van der Waals surface area contributed by atoms with Gasteiger partial charge in [-0.3, -0.25) is 9.59 Å². The third-order valence-electron chi connectivity index (χ3n) is 7.52. The van der Waals surface area contributed by atoms with Crippen LogP contribution in [0, 0.1) is 0 Å². The first-order chi connectivity index (χ1) is 20.2. The molecule has 1 atom stereocenters. The number of aromatic hydroxyl groups is 3. The number of ether oxygens (including phenoxy) is 2. The number of esters is 1. The number of para-hydroxylation sites is 1. The van der Waals surface area contributed by atoms with Crippen LogP contribution in [0.1, 0.15) is 54.4 Å². The van der Waals surface area contributed by atoms with Crippen molar-refractivity contribution in [1.82, 2.24) is 0 Å². The minimum atomic E-state index is -0.615. The standard InChI is InChI=1S/C34H28O8/c1-18(2)20-9-7-19(8-10-20)17-40-28-6-4-3-5-22(28)23-14-31(39)41-30-16-27(38)33-26(37)15-29(42-34(33)32(23)30)21-11-12-24(35)25(36)13-21/h3-13,15-16,18,23,35-36,38H,14,17H2,1-2H3. The average Bonchev–Trinajstić information content (AvgIpc) is 2.97. The van der Waals surface area contributed by atoms with Crippen LogP contribution in [0.5, 0.6) is 28.7 Å². The van der Waals surface area contributed by atoms with Crippen LogP contribution >= 0.6 is 0 Å². The van der Waals surface area contributed by atoms with Crippen molar-refractivity contribution >= 4 is 16.9 Å².